The molecule has 1 atom stereocenters. The van der Waals surface area contributed by atoms with Crippen LogP contribution in [0.3, 0.4) is 0 Å². The van der Waals surface area contributed by atoms with Gasteiger partial charge < -0.3 is 9.47 Å². The van der Waals surface area contributed by atoms with Gasteiger partial charge in [0.1, 0.15) is 11.5 Å². The maximum absolute atomic E-state index is 5.46. The summed E-state index contributed by atoms with van der Waals surface area (Å²) in [7, 11) is 4.12. The maximum Gasteiger partial charge on any atom is 0.130 e. The van der Waals surface area contributed by atoms with Gasteiger partial charge in [-0.3, -0.25) is 0 Å². The number of ether oxygens (including phenoxy) is 2. The van der Waals surface area contributed by atoms with Crippen molar-refractivity contribution in [2.24, 2.45) is 0 Å². The summed E-state index contributed by atoms with van der Waals surface area (Å²) in [5.74, 6) is 1.69. The molecule has 0 saturated heterocycles. The molecule has 0 aliphatic carbocycles. The van der Waals surface area contributed by atoms with Gasteiger partial charge in [-0.15, -0.1) is 0 Å². The molecule has 0 heterocycles. The van der Waals surface area contributed by atoms with E-state index in [0.29, 0.717) is 0 Å². The Kier molecular flexibility index (Phi) is 4.22. The van der Waals surface area contributed by atoms with Crippen LogP contribution in [0, 0.1) is 0 Å². The Balaban J connectivity index is 2.68. The van der Waals surface area contributed by atoms with E-state index in [-0.39, 0.29) is 0 Å². The number of benzene rings is 2. The summed E-state index contributed by atoms with van der Waals surface area (Å²) in [6.45, 7) is 2.18. The minimum absolute atomic E-state index is 0.739. The number of rotatable bonds is 4. The molecular formula is C15H17O2P. The average molecular weight is 260 g/mol. The highest BCUT2D eigenvalue weighted by molar-refractivity contribution is 7.46. The van der Waals surface area contributed by atoms with Gasteiger partial charge >= 0.3 is 0 Å². The van der Waals surface area contributed by atoms with Gasteiger partial charge in [0.05, 0.1) is 19.8 Å². The van der Waals surface area contributed by atoms with E-state index in [0.717, 1.165) is 25.6 Å². The zero-order valence-corrected chi connectivity index (χ0v) is 11.9. The summed E-state index contributed by atoms with van der Waals surface area (Å²) in [6, 6.07) is 14.3. The average Bonchev–Trinajstić information content (AvgIpc) is 2.46. The predicted molar refractivity (Wildman–Crippen MR) is 78.9 cm³/mol. The van der Waals surface area contributed by atoms with Crippen LogP contribution in [0.1, 0.15) is 0 Å². The molecular weight excluding hydrogens is 243 g/mol. The molecule has 2 rings (SSSR count). The fourth-order valence-corrected chi connectivity index (χ4v) is 2.78. The summed E-state index contributed by atoms with van der Waals surface area (Å²) < 4.78 is 10.9. The van der Waals surface area contributed by atoms with E-state index in [1.165, 1.54) is 10.9 Å². The van der Waals surface area contributed by atoms with Gasteiger partial charge in [-0.05, 0) is 29.7 Å². The van der Waals surface area contributed by atoms with Gasteiger partial charge in [-0.25, -0.2) is 0 Å². The zero-order valence-electron chi connectivity index (χ0n) is 10.9. The van der Waals surface area contributed by atoms with Crippen LogP contribution in [0.2, 0.25) is 0 Å². The lowest BCUT2D eigenvalue weighted by Crippen LogP contribution is -2.02. The fourth-order valence-electron chi connectivity index (χ4n) is 2.04. The third-order valence-corrected chi connectivity index (χ3v) is 3.87. The summed E-state index contributed by atoms with van der Waals surface area (Å²) in [5, 5.41) is 1.32. The largest absolute Gasteiger partial charge is 0.496 e. The van der Waals surface area contributed by atoms with Crippen LogP contribution >= 0.6 is 8.58 Å². The molecule has 0 aliphatic heterocycles. The zero-order chi connectivity index (χ0) is 13.0. The van der Waals surface area contributed by atoms with Crippen LogP contribution in [-0.2, 0) is 0 Å². The summed E-state index contributed by atoms with van der Waals surface area (Å²) >= 11 is 0. The first kappa shape index (κ1) is 12.9. The van der Waals surface area contributed by atoms with Crippen molar-refractivity contribution in [3.05, 3.63) is 42.5 Å². The SMILES string of the molecule is COc1cccc(OC)c1-c1ccccc1PC. The Labute approximate surface area is 110 Å². The van der Waals surface area contributed by atoms with E-state index in [4.69, 9.17) is 9.47 Å². The van der Waals surface area contributed by atoms with E-state index in [9.17, 15) is 0 Å². The third kappa shape index (κ3) is 2.34. The van der Waals surface area contributed by atoms with Gasteiger partial charge in [0, 0.05) is 0 Å². The lowest BCUT2D eigenvalue weighted by Gasteiger charge is -2.15. The first-order valence-electron chi connectivity index (χ1n) is 5.80. The van der Waals surface area contributed by atoms with Crippen LogP contribution in [0.5, 0.6) is 11.5 Å². The van der Waals surface area contributed by atoms with Crippen LogP contribution in [0.4, 0.5) is 0 Å². The lowest BCUT2D eigenvalue weighted by molar-refractivity contribution is 0.397. The van der Waals surface area contributed by atoms with Crippen LogP contribution < -0.4 is 14.8 Å². The number of methoxy groups -OCH3 is 2. The van der Waals surface area contributed by atoms with Crippen LogP contribution in [0.25, 0.3) is 11.1 Å². The first-order valence-corrected chi connectivity index (χ1v) is 7.30. The van der Waals surface area contributed by atoms with Crippen molar-refractivity contribution >= 4 is 13.9 Å². The Bertz CT molecular complexity index is 516. The lowest BCUT2D eigenvalue weighted by atomic mass is 10.0. The van der Waals surface area contributed by atoms with Crippen LogP contribution in [-0.4, -0.2) is 20.9 Å². The van der Waals surface area contributed by atoms with E-state index in [2.05, 4.69) is 24.9 Å². The van der Waals surface area contributed by atoms with Crippen molar-refractivity contribution in [3.63, 3.8) is 0 Å². The topological polar surface area (TPSA) is 18.5 Å². The van der Waals surface area contributed by atoms with Crippen molar-refractivity contribution in [2.75, 3.05) is 20.9 Å². The summed E-state index contributed by atoms with van der Waals surface area (Å²) in [5.41, 5.74) is 2.22. The Morgan fingerprint density at radius 2 is 1.44 bits per heavy atom. The normalized spacial score (nSPS) is 10.8. The number of hydrogen-bond donors (Lipinski definition) is 0. The molecule has 0 aliphatic rings. The van der Waals surface area contributed by atoms with Crippen molar-refractivity contribution in [1.82, 2.24) is 0 Å². The monoisotopic (exact) mass is 260 g/mol. The summed E-state index contributed by atoms with van der Waals surface area (Å²) in [6.07, 6.45) is 0. The molecule has 3 heteroatoms. The molecule has 0 N–H and O–H groups in total. The molecule has 94 valence electrons. The second kappa shape index (κ2) is 5.88. The Hall–Kier alpha value is -1.53. The highest BCUT2D eigenvalue weighted by atomic mass is 31.1. The standard InChI is InChI=1S/C15H17O2P/c1-16-12-8-6-9-13(17-2)15(12)11-7-4-5-10-14(11)18-3/h4-10,18H,1-3H3. The molecule has 0 saturated carbocycles. The Morgan fingerprint density at radius 1 is 0.833 bits per heavy atom. The van der Waals surface area contributed by atoms with Crippen molar-refractivity contribution < 1.29 is 9.47 Å². The molecule has 18 heavy (non-hydrogen) atoms. The van der Waals surface area contributed by atoms with E-state index >= 15 is 0 Å². The minimum Gasteiger partial charge on any atom is -0.496 e. The molecule has 0 amide bonds. The van der Waals surface area contributed by atoms with E-state index in [1.54, 1.807) is 14.2 Å². The molecule has 1 unspecified atom stereocenters. The Morgan fingerprint density at radius 3 is 2.00 bits per heavy atom. The van der Waals surface area contributed by atoms with Gasteiger partial charge in [-0.2, -0.15) is 0 Å². The maximum atomic E-state index is 5.46. The molecule has 2 nitrogen and oxygen atoms in total. The summed E-state index contributed by atoms with van der Waals surface area (Å²) in [4.78, 5) is 0. The second-order valence-corrected chi connectivity index (χ2v) is 4.87. The highest BCUT2D eigenvalue weighted by Gasteiger charge is 2.14. The molecule has 2 aromatic carbocycles. The third-order valence-electron chi connectivity index (χ3n) is 2.89. The molecule has 0 spiro atoms. The highest BCUT2D eigenvalue weighted by Crippen LogP contribution is 2.38. The van der Waals surface area contributed by atoms with E-state index < -0.39 is 0 Å². The molecule has 0 fully saturated rings. The molecule has 0 radical (unpaired) electrons. The van der Waals surface area contributed by atoms with Crippen LogP contribution in [0.15, 0.2) is 42.5 Å². The molecule has 2 aromatic rings. The molecule has 0 aromatic heterocycles. The van der Waals surface area contributed by atoms with Crippen molar-refractivity contribution in [2.45, 2.75) is 0 Å². The van der Waals surface area contributed by atoms with Gasteiger partial charge in [-0.1, -0.05) is 38.9 Å². The van der Waals surface area contributed by atoms with Crippen molar-refractivity contribution in [3.8, 4) is 22.6 Å². The van der Waals surface area contributed by atoms with Gasteiger partial charge in [0.2, 0.25) is 0 Å². The van der Waals surface area contributed by atoms with E-state index in [1.807, 2.05) is 24.3 Å². The fraction of sp³-hybridized carbons (Fsp3) is 0.200. The predicted octanol–water partition coefficient (Wildman–Crippen LogP) is 3.30. The first-order chi connectivity index (χ1) is 8.81. The quantitative estimate of drug-likeness (QED) is 0.785. The molecule has 0 bridgehead atoms. The number of hydrogen-bond acceptors (Lipinski definition) is 2. The smallest absolute Gasteiger partial charge is 0.130 e. The van der Waals surface area contributed by atoms with Gasteiger partial charge in [0.25, 0.3) is 0 Å². The second-order valence-electron chi connectivity index (χ2n) is 3.83. The van der Waals surface area contributed by atoms with Gasteiger partial charge in [0.15, 0.2) is 0 Å². The van der Waals surface area contributed by atoms with Crippen molar-refractivity contribution in [1.29, 1.82) is 0 Å². The minimum atomic E-state index is 0.739.